The molecule has 0 aliphatic carbocycles. The molecule has 0 saturated heterocycles. The van der Waals surface area contributed by atoms with Crippen LogP contribution in [0.4, 0.5) is 5.69 Å². The highest BCUT2D eigenvalue weighted by Crippen LogP contribution is 2.28. The smallest absolute Gasteiger partial charge is 0.230 e. The van der Waals surface area contributed by atoms with Gasteiger partial charge in [-0.3, -0.25) is 0 Å². The number of aromatic amines is 1. The summed E-state index contributed by atoms with van der Waals surface area (Å²) >= 11 is 0. The zero-order valence-electron chi connectivity index (χ0n) is 17.0. The molecule has 1 N–H and O–H groups in total. The van der Waals surface area contributed by atoms with E-state index in [1.165, 1.54) is 5.39 Å². The van der Waals surface area contributed by atoms with E-state index in [1.807, 2.05) is 60.7 Å². The topological polar surface area (TPSA) is 54.2 Å². The van der Waals surface area contributed by atoms with Gasteiger partial charge in [0.15, 0.2) is 0 Å². The second-order valence-electron chi connectivity index (χ2n) is 7.72. The van der Waals surface area contributed by atoms with Crippen LogP contribution in [0.15, 0.2) is 100 Å². The molecule has 0 amide bonds. The van der Waals surface area contributed by atoms with E-state index in [0.717, 1.165) is 50.0 Å². The van der Waals surface area contributed by atoms with Gasteiger partial charge in [-0.15, -0.1) is 0 Å². The maximum atomic E-state index is 6.37. The van der Waals surface area contributed by atoms with E-state index >= 15 is 0 Å². The van der Waals surface area contributed by atoms with Crippen LogP contribution in [0.25, 0.3) is 44.2 Å². The Bertz CT molecular complexity index is 1620. The molecule has 2 aromatic heterocycles. The molecule has 148 valence electrons. The van der Waals surface area contributed by atoms with Gasteiger partial charge < -0.3 is 9.40 Å². The molecule has 6 rings (SSSR count). The Morgan fingerprint density at radius 1 is 0.806 bits per heavy atom. The normalized spacial score (nSPS) is 12.2. The van der Waals surface area contributed by atoms with Gasteiger partial charge in [0, 0.05) is 5.39 Å². The predicted molar refractivity (Wildman–Crippen MR) is 125 cm³/mol. The Morgan fingerprint density at radius 3 is 2.58 bits per heavy atom. The zero-order valence-corrected chi connectivity index (χ0v) is 17.0. The lowest BCUT2D eigenvalue weighted by Crippen LogP contribution is -2.06. The Balaban J connectivity index is 1.71. The number of H-pyrrole nitrogens is 1. The van der Waals surface area contributed by atoms with Crippen molar-refractivity contribution in [2.75, 3.05) is 0 Å². The van der Waals surface area contributed by atoms with E-state index in [-0.39, 0.29) is 0 Å². The third-order valence-electron chi connectivity index (χ3n) is 5.53. The fourth-order valence-electron chi connectivity index (χ4n) is 4.03. The van der Waals surface area contributed by atoms with Crippen LogP contribution in [-0.4, -0.2) is 9.97 Å². The summed E-state index contributed by atoms with van der Waals surface area (Å²) in [5, 5.41) is 3.35. The molecular weight excluding hydrogens is 382 g/mol. The number of rotatable bonds is 2. The zero-order chi connectivity index (χ0) is 20.8. The fraction of sp³-hybridized carbons (Fsp3) is 0.0370. The minimum Gasteiger partial charge on any atom is -0.438 e. The van der Waals surface area contributed by atoms with Gasteiger partial charge in [0.05, 0.1) is 22.3 Å². The molecule has 31 heavy (non-hydrogen) atoms. The minimum absolute atomic E-state index is 0.535. The fourth-order valence-corrected chi connectivity index (χ4v) is 4.03. The van der Waals surface area contributed by atoms with Crippen LogP contribution in [0.5, 0.6) is 0 Å². The lowest BCUT2D eigenvalue weighted by Gasteiger charge is -2.06. The molecule has 2 heterocycles. The van der Waals surface area contributed by atoms with Gasteiger partial charge >= 0.3 is 0 Å². The summed E-state index contributed by atoms with van der Waals surface area (Å²) in [6, 6.07) is 30.7. The van der Waals surface area contributed by atoms with Crippen LogP contribution >= 0.6 is 0 Å². The molecule has 4 nitrogen and oxygen atoms in total. The summed E-state index contributed by atoms with van der Waals surface area (Å²) in [6.45, 7) is 2.06. The summed E-state index contributed by atoms with van der Waals surface area (Å²) < 4.78 is 6.37. The Hall–Kier alpha value is -4.18. The molecule has 4 heteroatoms. The summed E-state index contributed by atoms with van der Waals surface area (Å²) in [4.78, 5) is 13.1. The first-order chi connectivity index (χ1) is 15.2. The summed E-state index contributed by atoms with van der Waals surface area (Å²) in [6.07, 6.45) is 0. The first-order valence-corrected chi connectivity index (χ1v) is 10.3. The van der Waals surface area contributed by atoms with Crippen molar-refractivity contribution in [1.82, 2.24) is 9.97 Å². The SMILES string of the molecule is Cc1cccc(N=c2oc3ccc4ccccc4c3cc2-c2nc3ccccc3[nH]2)c1. The first kappa shape index (κ1) is 17.7. The summed E-state index contributed by atoms with van der Waals surface area (Å²) in [7, 11) is 0. The molecule has 6 aromatic rings. The average Bonchev–Trinajstić information content (AvgIpc) is 3.22. The van der Waals surface area contributed by atoms with Gasteiger partial charge in [-0.05, 0) is 59.7 Å². The monoisotopic (exact) mass is 401 g/mol. The van der Waals surface area contributed by atoms with Crippen molar-refractivity contribution >= 4 is 38.5 Å². The molecule has 0 aliphatic rings. The molecule has 0 fully saturated rings. The highest BCUT2D eigenvalue weighted by atomic mass is 16.3. The van der Waals surface area contributed by atoms with Crippen molar-refractivity contribution in [2.24, 2.45) is 4.99 Å². The number of aromatic nitrogens is 2. The molecule has 0 unspecified atom stereocenters. The summed E-state index contributed by atoms with van der Waals surface area (Å²) in [5.74, 6) is 0.742. The minimum atomic E-state index is 0.535. The predicted octanol–water partition coefficient (Wildman–Crippen LogP) is 6.67. The number of nitrogens with one attached hydrogen (secondary N) is 1. The Labute approximate surface area is 178 Å². The van der Waals surface area contributed by atoms with Crippen LogP contribution in [0.1, 0.15) is 5.56 Å². The summed E-state index contributed by atoms with van der Waals surface area (Å²) in [5.41, 5.74) is 6.06. The van der Waals surface area contributed by atoms with Crippen molar-refractivity contribution in [1.29, 1.82) is 0 Å². The van der Waals surface area contributed by atoms with Crippen molar-refractivity contribution < 1.29 is 4.42 Å². The van der Waals surface area contributed by atoms with Crippen LogP contribution in [0.3, 0.4) is 0 Å². The van der Waals surface area contributed by atoms with E-state index in [2.05, 4.69) is 42.2 Å². The Kier molecular flexibility index (Phi) is 3.96. The molecule has 0 spiro atoms. The van der Waals surface area contributed by atoms with Crippen molar-refractivity contribution in [3.05, 3.63) is 102 Å². The van der Waals surface area contributed by atoms with E-state index in [9.17, 15) is 0 Å². The maximum Gasteiger partial charge on any atom is 0.230 e. The lowest BCUT2D eigenvalue weighted by molar-refractivity contribution is 0.547. The van der Waals surface area contributed by atoms with Crippen LogP contribution in [-0.2, 0) is 0 Å². The molecule has 0 radical (unpaired) electrons. The number of aryl methyl sites for hydroxylation is 1. The quantitative estimate of drug-likeness (QED) is 0.329. The number of benzene rings is 4. The van der Waals surface area contributed by atoms with E-state index < -0.39 is 0 Å². The number of para-hydroxylation sites is 2. The van der Waals surface area contributed by atoms with Crippen molar-refractivity contribution in [2.45, 2.75) is 6.92 Å². The average molecular weight is 401 g/mol. The van der Waals surface area contributed by atoms with Gasteiger partial charge in [-0.1, -0.05) is 54.6 Å². The molecule has 0 aliphatic heterocycles. The number of imidazole rings is 1. The first-order valence-electron chi connectivity index (χ1n) is 10.3. The molecule has 0 atom stereocenters. The molecular formula is C27H19N3O. The number of fused-ring (bicyclic) bond motifs is 4. The standard InChI is InChI=1S/C27H19N3O/c1-17-7-6-9-19(15-17)28-27-22(26-29-23-11-4-5-12-24(23)30-26)16-21-20-10-3-2-8-18(20)13-14-25(21)31-27/h2-16H,1H3,(H,29,30). The van der Waals surface area contributed by atoms with Crippen LogP contribution in [0.2, 0.25) is 0 Å². The largest absolute Gasteiger partial charge is 0.438 e. The Morgan fingerprint density at radius 2 is 1.68 bits per heavy atom. The van der Waals surface area contributed by atoms with E-state index in [0.29, 0.717) is 5.55 Å². The lowest BCUT2D eigenvalue weighted by atomic mass is 10.0. The van der Waals surface area contributed by atoms with Crippen LogP contribution in [0, 0.1) is 6.92 Å². The number of hydrogen-bond acceptors (Lipinski definition) is 3. The number of nitrogens with zero attached hydrogens (tertiary/aromatic N) is 2. The molecule has 4 aromatic carbocycles. The van der Waals surface area contributed by atoms with Gasteiger partial charge in [0.25, 0.3) is 0 Å². The molecule has 0 bridgehead atoms. The highest BCUT2D eigenvalue weighted by Gasteiger charge is 2.13. The van der Waals surface area contributed by atoms with E-state index in [4.69, 9.17) is 14.4 Å². The second kappa shape index (κ2) is 6.96. The third kappa shape index (κ3) is 3.09. The maximum absolute atomic E-state index is 6.37. The highest BCUT2D eigenvalue weighted by molar-refractivity contribution is 6.06. The van der Waals surface area contributed by atoms with Gasteiger partial charge in [0.1, 0.15) is 11.4 Å². The van der Waals surface area contributed by atoms with Crippen molar-refractivity contribution in [3.8, 4) is 11.4 Å². The van der Waals surface area contributed by atoms with Crippen molar-refractivity contribution in [3.63, 3.8) is 0 Å². The van der Waals surface area contributed by atoms with Gasteiger partial charge in [-0.25, -0.2) is 9.98 Å². The van der Waals surface area contributed by atoms with Crippen LogP contribution < -0.4 is 5.55 Å². The molecule has 0 saturated carbocycles. The second-order valence-corrected chi connectivity index (χ2v) is 7.72. The van der Waals surface area contributed by atoms with Gasteiger partial charge in [0.2, 0.25) is 5.55 Å². The van der Waals surface area contributed by atoms with Gasteiger partial charge in [-0.2, -0.15) is 0 Å². The third-order valence-corrected chi connectivity index (χ3v) is 5.53. The van der Waals surface area contributed by atoms with E-state index in [1.54, 1.807) is 0 Å². The number of hydrogen-bond donors (Lipinski definition) is 1.